The molecule has 1 amide bonds. The summed E-state index contributed by atoms with van der Waals surface area (Å²) in [4.78, 5) is 35.4. The summed E-state index contributed by atoms with van der Waals surface area (Å²) in [5.41, 5.74) is 0.660. The van der Waals surface area contributed by atoms with Crippen molar-refractivity contribution in [1.29, 1.82) is 0 Å². The maximum absolute atomic E-state index is 13.0. The number of amides is 1. The lowest BCUT2D eigenvalue weighted by molar-refractivity contribution is -0.385. The summed E-state index contributed by atoms with van der Waals surface area (Å²) in [6.45, 7) is -0.394. The van der Waals surface area contributed by atoms with Gasteiger partial charge in [-0.2, -0.15) is 5.10 Å². The fourth-order valence-corrected chi connectivity index (χ4v) is 3.35. The zero-order valence-corrected chi connectivity index (χ0v) is 16.2. The minimum absolute atomic E-state index is 0.281. The monoisotopic (exact) mass is 426 g/mol. The number of pyridine rings is 1. The summed E-state index contributed by atoms with van der Waals surface area (Å²) >= 11 is 5.95. The number of hydrazone groups is 1. The Morgan fingerprint density at radius 1 is 1.23 bits per heavy atom. The Kier molecular flexibility index (Phi) is 5.20. The van der Waals surface area contributed by atoms with Crippen LogP contribution in [0.3, 0.4) is 0 Å². The molecule has 4 rings (SSSR count). The third kappa shape index (κ3) is 3.87. The van der Waals surface area contributed by atoms with E-state index < -0.39 is 29.0 Å². The highest BCUT2D eigenvalue weighted by Crippen LogP contribution is 2.33. The highest BCUT2D eigenvalue weighted by molar-refractivity contribution is 6.30. The number of aromatic nitrogens is 1. The number of carbonyl (C=O) groups excluding carboxylic acids is 1. The maximum atomic E-state index is 13.0. The van der Waals surface area contributed by atoms with E-state index in [0.717, 1.165) is 28.5 Å². The third-order valence-corrected chi connectivity index (χ3v) is 4.95. The van der Waals surface area contributed by atoms with Crippen LogP contribution in [0.2, 0.25) is 5.02 Å². The van der Waals surface area contributed by atoms with Crippen molar-refractivity contribution in [3.8, 4) is 0 Å². The highest BCUT2D eigenvalue weighted by Gasteiger charge is 2.35. The van der Waals surface area contributed by atoms with Crippen molar-refractivity contribution in [2.75, 3.05) is 0 Å². The summed E-state index contributed by atoms with van der Waals surface area (Å²) in [7, 11) is 0. The van der Waals surface area contributed by atoms with Crippen molar-refractivity contribution in [2.45, 2.75) is 19.0 Å². The van der Waals surface area contributed by atoms with Gasteiger partial charge in [-0.05, 0) is 29.8 Å². The molecule has 1 atom stereocenters. The molecular weight excluding hydrogens is 412 g/mol. The maximum Gasteiger partial charge on any atom is 0.285 e. The lowest BCUT2D eigenvalue weighted by Gasteiger charge is -2.20. The van der Waals surface area contributed by atoms with Gasteiger partial charge in [-0.25, -0.2) is 5.01 Å². The average molecular weight is 427 g/mol. The Hall–Kier alpha value is -3.72. The fraction of sp³-hybridized carbons (Fsp3) is 0.150. The van der Waals surface area contributed by atoms with Gasteiger partial charge in [0.2, 0.25) is 0 Å². The number of rotatable bonds is 5. The zero-order valence-electron chi connectivity index (χ0n) is 15.5. The second kappa shape index (κ2) is 7.96. The molecule has 0 bridgehead atoms. The molecule has 0 aliphatic carbocycles. The predicted octanol–water partition coefficient (Wildman–Crippen LogP) is 3.38. The molecule has 9 nitrogen and oxygen atoms in total. The van der Waals surface area contributed by atoms with Crippen molar-refractivity contribution in [3.05, 3.63) is 97.8 Å². The molecule has 3 heterocycles. The average Bonchev–Trinajstić information content (AvgIpc) is 3.39. The Morgan fingerprint density at radius 2 is 2.00 bits per heavy atom. The number of nitrogens with zero attached hydrogens (tertiary/aromatic N) is 4. The van der Waals surface area contributed by atoms with Crippen LogP contribution in [0.5, 0.6) is 0 Å². The predicted molar refractivity (Wildman–Crippen MR) is 108 cm³/mol. The van der Waals surface area contributed by atoms with E-state index in [1.807, 2.05) is 0 Å². The van der Waals surface area contributed by atoms with Gasteiger partial charge in [0.15, 0.2) is 0 Å². The van der Waals surface area contributed by atoms with E-state index in [-0.39, 0.29) is 5.69 Å². The van der Waals surface area contributed by atoms with Gasteiger partial charge >= 0.3 is 0 Å². The minimum atomic E-state index is -0.626. The van der Waals surface area contributed by atoms with Crippen LogP contribution < -0.4 is 5.56 Å². The lowest BCUT2D eigenvalue weighted by Crippen LogP contribution is -2.33. The molecule has 152 valence electrons. The number of halogens is 1. The van der Waals surface area contributed by atoms with Crippen LogP contribution in [-0.4, -0.2) is 26.1 Å². The zero-order chi connectivity index (χ0) is 21.3. The van der Waals surface area contributed by atoms with Crippen LogP contribution in [0.15, 0.2) is 75.3 Å². The summed E-state index contributed by atoms with van der Waals surface area (Å²) < 4.78 is 6.47. The van der Waals surface area contributed by atoms with Gasteiger partial charge in [0.05, 0.1) is 23.1 Å². The highest BCUT2D eigenvalue weighted by atomic mass is 35.5. The number of hydrogen-bond acceptors (Lipinski definition) is 6. The van der Waals surface area contributed by atoms with Gasteiger partial charge in [-0.15, -0.1) is 0 Å². The molecule has 2 aromatic heterocycles. The standard InChI is InChI=1S/C20H15ClN4O5/c21-14-5-3-13(4-6-14)16-10-17(18-2-1-9-30-18)24(22-16)20(27)12-23-11-15(25(28)29)7-8-19(23)26/h1-9,11,17H,10,12H2/t17-/m0/s1. The Bertz CT molecular complexity index is 1180. The van der Waals surface area contributed by atoms with Gasteiger partial charge < -0.3 is 4.42 Å². The van der Waals surface area contributed by atoms with E-state index in [1.165, 1.54) is 11.3 Å². The molecule has 1 aliphatic heterocycles. The molecule has 0 spiro atoms. The van der Waals surface area contributed by atoms with Crippen molar-refractivity contribution >= 4 is 28.9 Å². The van der Waals surface area contributed by atoms with Crippen molar-refractivity contribution < 1.29 is 14.1 Å². The Morgan fingerprint density at radius 3 is 2.67 bits per heavy atom. The first kappa shape index (κ1) is 19.6. The van der Waals surface area contributed by atoms with Gasteiger partial charge in [0, 0.05) is 23.6 Å². The minimum Gasteiger partial charge on any atom is -0.467 e. The van der Waals surface area contributed by atoms with Crippen molar-refractivity contribution in [1.82, 2.24) is 9.58 Å². The first-order valence-corrected chi connectivity index (χ1v) is 9.34. The number of benzene rings is 1. The van der Waals surface area contributed by atoms with E-state index in [4.69, 9.17) is 16.0 Å². The van der Waals surface area contributed by atoms with E-state index in [1.54, 1.807) is 36.4 Å². The van der Waals surface area contributed by atoms with Crippen LogP contribution in [-0.2, 0) is 11.3 Å². The van der Waals surface area contributed by atoms with Gasteiger partial charge in [-0.1, -0.05) is 23.7 Å². The second-order valence-electron chi connectivity index (χ2n) is 6.64. The van der Waals surface area contributed by atoms with Crippen molar-refractivity contribution in [3.63, 3.8) is 0 Å². The first-order chi connectivity index (χ1) is 14.4. The van der Waals surface area contributed by atoms with Crippen molar-refractivity contribution in [2.24, 2.45) is 5.10 Å². The third-order valence-electron chi connectivity index (χ3n) is 4.70. The van der Waals surface area contributed by atoms with Crippen LogP contribution in [0.25, 0.3) is 0 Å². The molecule has 0 saturated heterocycles. The molecule has 1 aliphatic rings. The topological polar surface area (TPSA) is 111 Å². The van der Waals surface area contributed by atoms with E-state index in [0.29, 0.717) is 22.9 Å². The smallest absolute Gasteiger partial charge is 0.285 e. The molecule has 0 fully saturated rings. The Labute approximate surface area is 174 Å². The number of carbonyl (C=O) groups is 1. The van der Waals surface area contributed by atoms with Gasteiger partial charge in [0.1, 0.15) is 18.3 Å². The van der Waals surface area contributed by atoms with Crippen LogP contribution >= 0.6 is 11.6 Å². The van der Waals surface area contributed by atoms with Gasteiger partial charge in [0.25, 0.3) is 17.2 Å². The van der Waals surface area contributed by atoms with Crippen LogP contribution in [0.4, 0.5) is 5.69 Å². The number of furan rings is 1. The number of nitro groups is 1. The van der Waals surface area contributed by atoms with E-state index >= 15 is 0 Å². The Balaban J connectivity index is 1.66. The molecule has 0 unspecified atom stereocenters. The van der Waals surface area contributed by atoms with E-state index in [9.17, 15) is 19.7 Å². The SMILES string of the molecule is O=C(Cn1cc([N+](=O)[O-])ccc1=O)N1N=C(c2ccc(Cl)cc2)C[C@H]1c1ccco1. The molecule has 0 N–H and O–H groups in total. The normalized spacial score (nSPS) is 15.8. The quantitative estimate of drug-likeness (QED) is 0.458. The second-order valence-corrected chi connectivity index (χ2v) is 7.07. The summed E-state index contributed by atoms with van der Waals surface area (Å²) in [6.07, 6.45) is 2.95. The molecule has 10 heteroatoms. The fourth-order valence-electron chi connectivity index (χ4n) is 3.23. The molecule has 0 saturated carbocycles. The van der Waals surface area contributed by atoms with Gasteiger partial charge in [-0.3, -0.25) is 24.3 Å². The molecule has 30 heavy (non-hydrogen) atoms. The van der Waals surface area contributed by atoms with Crippen LogP contribution in [0.1, 0.15) is 23.8 Å². The molecule has 1 aromatic carbocycles. The molecule has 3 aromatic rings. The largest absolute Gasteiger partial charge is 0.467 e. The molecule has 0 radical (unpaired) electrons. The lowest BCUT2D eigenvalue weighted by atomic mass is 10.0. The number of hydrogen-bond donors (Lipinski definition) is 0. The summed E-state index contributed by atoms with van der Waals surface area (Å²) in [5, 5.41) is 17.3. The summed E-state index contributed by atoms with van der Waals surface area (Å²) in [6, 6.07) is 12.2. The first-order valence-electron chi connectivity index (χ1n) is 8.96. The summed E-state index contributed by atoms with van der Waals surface area (Å²) in [5.74, 6) is 0.0467. The van der Waals surface area contributed by atoms with E-state index in [2.05, 4.69) is 5.10 Å². The van der Waals surface area contributed by atoms with Crippen LogP contribution in [0, 0.1) is 10.1 Å². The molecular formula is C20H15ClN4O5.